The molecule has 84 valence electrons. The van der Waals surface area contributed by atoms with E-state index in [2.05, 4.69) is 0 Å². The number of benzene rings is 1. The van der Waals surface area contributed by atoms with Crippen LogP contribution in [0.25, 0.3) is 0 Å². The number of hydrogen-bond acceptors (Lipinski definition) is 3. The molecule has 0 amide bonds. The van der Waals surface area contributed by atoms with Gasteiger partial charge in [-0.2, -0.15) is 4.39 Å². The van der Waals surface area contributed by atoms with Gasteiger partial charge in [0.05, 0.1) is 14.2 Å². The fraction of sp³-hybridized carbons (Fsp3) is 0.455. The van der Waals surface area contributed by atoms with Crippen LogP contribution in [0.2, 0.25) is 0 Å². The molecule has 1 aromatic carbocycles. The second-order valence-electron chi connectivity index (χ2n) is 3.34. The minimum absolute atomic E-state index is 0.0559. The lowest BCUT2D eigenvalue weighted by atomic mass is 10.00. The van der Waals surface area contributed by atoms with Crippen LogP contribution in [-0.2, 0) is 0 Å². The van der Waals surface area contributed by atoms with Gasteiger partial charge in [-0.1, -0.05) is 13.0 Å². The average molecular weight is 213 g/mol. The Kier molecular flexibility index (Phi) is 3.91. The zero-order valence-corrected chi connectivity index (χ0v) is 9.21. The molecular weight excluding hydrogens is 197 g/mol. The first kappa shape index (κ1) is 11.8. The van der Waals surface area contributed by atoms with Crippen molar-refractivity contribution >= 4 is 0 Å². The first-order chi connectivity index (χ1) is 7.15. The lowest BCUT2D eigenvalue weighted by Gasteiger charge is -2.15. The van der Waals surface area contributed by atoms with E-state index in [-0.39, 0.29) is 17.4 Å². The van der Waals surface area contributed by atoms with Crippen LogP contribution < -0.4 is 15.2 Å². The monoisotopic (exact) mass is 213 g/mol. The summed E-state index contributed by atoms with van der Waals surface area (Å²) in [6, 6.07) is 3.36. The van der Waals surface area contributed by atoms with Crippen molar-refractivity contribution < 1.29 is 13.9 Å². The summed E-state index contributed by atoms with van der Waals surface area (Å²) in [5.74, 6) is -0.0229. The predicted octanol–water partition coefficient (Wildman–Crippen LogP) is 1.91. The van der Waals surface area contributed by atoms with Gasteiger partial charge in [0.2, 0.25) is 5.82 Å². The summed E-state index contributed by atoms with van der Waals surface area (Å²) in [6.45, 7) is 2.37. The fourth-order valence-electron chi connectivity index (χ4n) is 1.43. The number of rotatable bonds is 4. The molecule has 0 radical (unpaired) electrons. The number of methoxy groups -OCH3 is 2. The molecule has 0 aromatic heterocycles. The first-order valence-electron chi connectivity index (χ1n) is 4.76. The van der Waals surface area contributed by atoms with E-state index in [1.807, 2.05) is 6.92 Å². The van der Waals surface area contributed by atoms with Crippen LogP contribution >= 0.6 is 0 Å². The quantitative estimate of drug-likeness (QED) is 0.830. The van der Waals surface area contributed by atoms with Crippen LogP contribution in [0.3, 0.4) is 0 Å². The van der Waals surface area contributed by atoms with Gasteiger partial charge in [-0.25, -0.2) is 0 Å². The Labute approximate surface area is 89.0 Å². The number of nitrogens with two attached hydrogens (primary N) is 1. The van der Waals surface area contributed by atoms with Gasteiger partial charge in [0, 0.05) is 5.56 Å². The van der Waals surface area contributed by atoms with Crippen LogP contribution in [0.5, 0.6) is 11.5 Å². The van der Waals surface area contributed by atoms with Gasteiger partial charge >= 0.3 is 0 Å². The summed E-state index contributed by atoms with van der Waals surface area (Å²) in [6.07, 6.45) is 0. The van der Waals surface area contributed by atoms with Crippen molar-refractivity contribution in [1.29, 1.82) is 0 Å². The maximum absolute atomic E-state index is 13.7. The van der Waals surface area contributed by atoms with Crippen molar-refractivity contribution in [2.75, 3.05) is 20.8 Å². The molecule has 0 aliphatic carbocycles. The molecule has 1 rings (SSSR count). The van der Waals surface area contributed by atoms with E-state index < -0.39 is 5.82 Å². The summed E-state index contributed by atoms with van der Waals surface area (Å²) in [7, 11) is 2.86. The molecule has 0 heterocycles. The minimum Gasteiger partial charge on any atom is -0.494 e. The molecule has 0 fully saturated rings. The largest absolute Gasteiger partial charge is 0.494 e. The second kappa shape index (κ2) is 4.98. The number of hydrogen-bond donors (Lipinski definition) is 1. The van der Waals surface area contributed by atoms with E-state index in [1.54, 1.807) is 12.1 Å². The van der Waals surface area contributed by atoms with Gasteiger partial charge in [-0.15, -0.1) is 0 Å². The number of halogens is 1. The Balaban J connectivity index is 3.24. The summed E-state index contributed by atoms with van der Waals surface area (Å²) in [5, 5.41) is 0. The lowest BCUT2D eigenvalue weighted by molar-refractivity contribution is 0.346. The maximum atomic E-state index is 13.7. The Morgan fingerprint density at radius 1 is 1.33 bits per heavy atom. The summed E-state index contributed by atoms with van der Waals surface area (Å²) >= 11 is 0. The van der Waals surface area contributed by atoms with Gasteiger partial charge in [-0.3, -0.25) is 0 Å². The Hall–Kier alpha value is -1.29. The van der Waals surface area contributed by atoms with Gasteiger partial charge in [0.1, 0.15) is 0 Å². The molecule has 2 N–H and O–H groups in total. The maximum Gasteiger partial charge on any atom is 0.207 e. The molecule has 0 bridgehead atoms. The fourth-order valence-corrected chi connectivity index (χ4v) is 1.43. The molecule has 0 spiro atoms. The molecule has 15 heavy (non-hydrogen) atoms. The van der Waals surface area contributed by atoms with E-state index in [1.165, 1.54) is 14.2 Å². The van der Waals surface area contributed by atoms with Crippen molar-refractivity contribution in [2.24, 2.45) is 5.73 Å². The highest BCUT2D eigenvalue weighted by Crippen LogP contribution is 2.34. The third kappa shape index (κ3) is 2.21. The molecule has 1 atom stereocenters. The highest BCUT2D eigenvalue weighted by Gasteiger charge is 2.17. The van der Waals surface area contributed by atoms with Gasteiger partial charge < -0.3 is 15.2 Å². The Morgan fingerprint density at radius 2 is 2.00 bits per heavy atom. The zero-order chi connectivity index (χ0) is 11.4. The molecule has 0 saturated carbocycles. The van der Waals surface area contributed by atoms with Crippen molar-refractivity contribution in [3.05, 3.63) is 23.5 Å². The highest BCUT2D eigenvalue weighted by molar-refractivity contribution is 5.44. The Bertz CT molecular complexity index is 342. The smallest absolute Gasteiger partial charge is 0.207 e. The second-order valence-corrected chi connectivity index (χ2v) is 3.34. The highest BCUT2D eigenvalue weighted by atomic mass is 19.1. The van der Waals surface area contributed by atoms with Gasteiger partial charge in [-0.05, 0) is 18.5 Å². The third-order valence-electron chi connectivity index (χ3n) is 2.40. The molecule has 1 aromatic rings. The van der Waals surface area contributed by atoms with E-state index in [9.17, 15) is 4.39 Å². The number of ether oxygens (including phenoxy) is 2. The molecule has 4 heteroatoms. The van der Waals surface area contributed by atoms with Gasteiger partial charge in [0.25, 0.3) is 0 Å². The van der Waals surface area contributed by atoms with Crippen molar-refractivity contribution in [2.45, 2.75) is 12.8 Å². The minimum atomic E-state index is -0.474. The average Bonchev–Trinajstić information content (AvgIpc) is 2.27. The molecule has 0 aliphatic heterocycles. The van der Waals surface area contributed by atoms with E-state index in [0.717, 1.165) is 5.56 Å². The van der Waals surface area contributed by atoms with Crippen LogP contribution in [0.4, 0.5) is 4.39 Å². The molecular formula is C11H16FNO2. The van der Waals surface area contributed by atoms with E-state index in [4.69, 9.17) is 15.2 Å². The molecule has 0 aliphatic rings. The van der Waals surface area contributed by atoms with Crippen molar-refractivity contribution in [3.8, 4) is 11.5 Å². The predicted molar refractivity (Wildman–Crippen MR) is 57.0 cm³/mol. The van der Waals surface area contributed by atoms with Crippen LogP contribution in [0, 0.1) is 5.82 Å². The standard InChI is InChI=1S/C11H16FNO2/c1-7(6-13)8-4-5-9(14-2)10(12)11(8)15-3/h4-5,7H,6,13H2,1-3H3. The molecule has 0 saturated heterocycles. The van der Waals surface area contributed by atoms with E-state index in [0.29, 0.717) is 6.54 Å². The lowest BCUT2D eigenvalue weighted by Crippen LogP contribution is -2.11. The van der Waals surface area contributed by atoms with Crippen molar-refractivity contribution in [3.63, 3.8) is 0 Å². The van der Waals surface area contributed by atoms with Crippen LogP contribution in [0.15, 0.2) is 12.1 Å². The Morgan fingerprint density at radius 3 is 2.47 bits per heavy atom. The topological polar surface area (TPSA) is 44.5 Å². The van der Waals surface area contributed by atoms with Crippen molar-refractivity contribution in [1.82, 2.24) is 0 Å². The van der Waals surface area contributed by atoms with E-state index >= 15 is 0 Å². The summed E-state index contributed by atoms with van der Waals surface area (Å²) in [4.78, 5) is 0. The molecule has 1 unspecified atom stereocenters. The zero-order valence-electron chi connectivity index (χ0n) is 9.21. The summed E-state index contributed by atoms with van der Waals surface area (Å²) < 4.78 is 23.6. The van der Waals surface area contributed by atoms with Crippen LogP contribution in [-0.4, -0.2) is 20.8 Å². The van der Waals surface area contributed by atoms with Crippen LogP contribution in [0.1, 0.15) is 18.4 Å². The third-order valence-corrected chi connectivity index (χ3v) is 2.40. The SMILES string of the molecule is COc1ccc(C(C)CN)c(OC)c1F. The van der Waals surface area contributed by atoms with Gasteiger partial charge in [0.15, 0.2) is 11.5 Å². The normalized spacial score (nSPS) is 12.3. The molecule has 3 nitrogen and oxygen atoms in total. The first-order valence-corrected chi connectivity index (χ1v) is 4.76. The summed E-state index contributed by atoms with van der Waals surface area (Å²) in [5.41, 5.74) is 6.30.